The van der Waals surface area contributed by atoms with Crippen LogP contribution >= 0.6 is 11.8 Å². The van der Waals surface area contributed by atoms with Gasteiger partial charge in [0.05, 0.1) is 5.56 Å². The molecule has 2 aromatic carbocycles. The summed E-state index contributed by atoms with van der Waals surface area (Å²) in [6.45, 7) is 4.31. The van der Waals surface area contributed by atoms with Gasteiger partial charge in [0, 0.05) is 23.5 Å². The van der Waals surface area contributed by atoms with Crippen LogP contribution in [0.5, 0.6) is 0 Å². The monoisotopic (exact) mass is 386 g/mol. The fourth-order valence-electron chi connectivity index (χ4n) is 2.31. The molecule has 3 N–H and O–H groups in total. The van der Waals surface area contributed by atoms with Crippen molar-refractivity contribution in [3.8, 4) is 0 Å². The largest absolute Gasteiger partial charge is 0.480 e. The first-order valence-corrected chi connectivity index (χ1v) is 9.44. The number of amides is 2. The third-order valence-electron chi connectivity index (χ3n) is 3.79. The predicted octanol–water partition coefficient (Wildman–Crippen LogP) is 2.93. The standard InChI is InChI=1S/C20H22N2O4S/c1-3-21-18(23)15-10-8-14(9-11-15)12-22-19(24)16-6-4-5-7-17(16)27-13(2)20(25)26/h4-11,13H,3,12H2,1-2H3,(H,21,23)(H,22,24)(H,25,26). The van der Waals surface area contributed by atoms with E-state index in [0.717, 1.165) is 17.3 Å². The van der Waals surface area contributed by atoms with Crippen molar-refractivity contribution < 1.29 is 19.5 Å². The number of hydrogen-bond acceptors (Lipinski definition) is 4. The Hall–Kier alpha value is -2.80. The van der Waals surface area contributed by atoms with Crippen LogP contribution in [0.25, 0.3) is 0 Å². The molecule has 2 amide bonds. The molecule has 0 fully saturated rings. The van der Waals surface area contributed by atoms with Crippen molar-refractivity contribution in [2.75, 3.05) is 6.54 Å². The third kappa shape index (κ3) is 5.86. The van der Waals surface area contributed by atoms with Crippen LogP contribution in [-0.4, -0.2) is 34.7 Å². The van der Waals surface area contributed by atoms with Gasteiger partial charge in [-0.1, -0.05) is 24.3 Å². The Kier molecular flexibility index (Phi) is 7.43. The van der Waals surface area contributed by atoms with E-state index in [1.54, 1.807) is 55.5 Å². The summed E-state index contributed by atoms with van der Waals surface area (Å²) in [6.07, 6.45) is 0. The van der Waals surface area contributed by atoms with E-state index >= 15 is 0 Å². The molecule has 0 aliphatic carbocycles. The number of carboxylic acid groups (broad SMARTS) is 1. The molecule has 1 unspecified atom stereocenters. The normalized spacial score (nSPS) is 11.5. The van der Waals surface area contributed by atoms with Crippen molar-refractivity contribution in [3.05, 3.63) is 65.2 Å². The molecule has 0 aromatic heterocycles. The van der Waals surface area contributed by atoms with Crippen molar-refractivity contribution in [1.29, 1.82) is 0 Å². The van der Waals surface area contributed by atoms with Crippen LogP contribution < -0.4 is 10.6 Å². The van der Waals surface area contributed by atoms with Gasteiger partial charge in [-0.05, 0) is 43.7 Å². The van der Waals surface area contributed by atoms with E-state index in [4.69, 9.17) is 5.11 Å². The van der Waals surface area contributed by atoms with Gasteiger partial charge in [0.25, 0.3) is 11.8 Å². The summed E-state index contributed by atoms with van der Waals surface area (Å²) in [4.78, 5) is 36.0. The molecule has 27 heavy (non-hydrogen) atoms. The molecule has 0 aliphatic rings. The summed E-state index contributed by atoms with van der Waals surface area (Å²) in [5, 5.41) is 14.0. The number of thioether (sulfide) groups is 1. The number of nitrogens with one attached hydrogen (secondary N) is 2. The first-order valence-electron chi connectivity index (χ1n) is 8.56. The van der Waals surface area contributed by atoms with Gasteiger partial charge in [-0.3, -0.25) is 14.4 Å². The lowest BCUT2D eigenvalue weighted by molar-refractivity contribution is -0.136. The van der Waals surface area contributed by atoms with Crippen LogP contribution in [-0.2, 0) is 11.3 Å². The number of carboxylic acids is 1. The zero-order chi connectivity index (χ0) is 19.8. The van der Waals surface area contributed by atoms with Gasteiger partial charge in [0.2, 0.25) is 0 Å². The highest BCUT2D eigenvalue weighted by molar-refractivity contribution is 8.00. The quantitative estimate of drug-likeness (QED) is 0.606. The summed E-state index contributed by atoms with van der Waals surface area (Å²) >= 11 is 1.13. The minimum Gasteiger partial charge on any atom is -0.480 e. The zero-order valence-corrected chi connectivity index (χ0v) is 16.0. The van der Waals surface area contributed by atoms with Gasteiger partial charge in [-0.2, -0.15) is 0 Å². The average Bonchev–Trinajstić information content (AvgIpc) is 2.67. The zero-order valence-electron chi connectivity index (χ0n) is 15.2. The van der Waals surface area contributed by atoms with Crippen LogP contribution in [0.1, 0.15) is 40.1 Å². The molecular formula is C20H22N2O4S. The van der Waals surface area contributed by atoms with E-state index in [2.05, 4.69) is 10.6 Å². The van der Waals surface area contributed by atoms with E-state index in [9.17, 15) is 14.4 Å². The fraction of sp³-hybridized carbons (Fsp3) is 0.250. The van der Waals surface area contributed by atoms with Crippen molar-refractivity contribution in [2.24, 2.45) is 0 Å². The molecule has 0 heterocycles. The molecule has 2 rings (SSSR count). The molecule has 0 spiro atoms. The summed E-state index contributed by atoms with van der Waals surface area (Å²) in [5.74, 6) is -1.34. The average molecular weight is 386 g/mol. The highest BCUT2D eigenvalue weighted by Crippen LogP contribution is 2.27. The Morgan fingerprint density at radius 2 is 1.67 bits per heavy atom. The summed E-state index contributed by atoms with van der Waals surface area (Å²) < 4.78 is 0. The molecule has 142 valence electrons. The highest BCUT2D eigenvalue weighted by Gasteiger charge is 2.17. The van der Waals surface area contributed by atoms with E-state index in [0.29, 0.717) is 29.1 Å². The maximum atomic E-state index is 12.5. The first kappa shape index (κ1) is 20.5. The molecule has 6 nitrogen and oxygen atoms in total. The molecule has 0 bridgehead atoms. The minimum atomic E-state index is -0.928. The number of benzene rings is 2. The third-order valence-corrected chi connectivity index (χ3v) is 4.95. The van der Waals surface area contributed by atoms with Gasteiger partial charge in [-0.15, -0.1) is 11.8 Å². The van der Waals surface area contributed by atoms with Gasteiger partial charge in [0.1, 0.15) is 5.25 Å². The van der Waals surface area contributed by atoms with Crippen LogP contribution in [0.4, 0.5) is 0 Å². The van der Waals surface area contributed by atoms with Gasteiger partial charge < -0.3 is 15.7 Å². The first-order chi connectivity index (χ1) is 12.9. The van der Waals surface area contributed by atoms with Gasteiger partial charge in [0.15, 0.2) is 0 Å². The molecule has 2 aromatic rings. The van der Waals surface area contributed by atoms with Crippen LogP contribution in [0.3, 0.4) is 0 Å². The Labute approximate surface area is 162 Å². The van der Waals surface area contributed by atoms with Crippen molar-refractivity contribution >= 4 is 29.5 Å². The maximum absolute atomic E-state index is 12.5. The molecule has 7 heteroatoms. The van der Waals surface area contributed by atoms with Gasteiger partial charge in [-0.25, -0.2) is 0 Å². The smallest absolute Gasteiger partial charge is 0.316 e. The van der Waals surface area contributed by atoms with Gasteiger partial charge >= 0.3 is 5.97 Å². The van der Waals surface area contributed by atoms with Crippen molar-refractivity contribution in [1.82, 2.24) is 10.6 Å². The van der Waals surface area contributed by atoms with Crippen LogP contribution in [0.2, 0.25) is 0 Å². The fourth-order valence-corrected chi connectivity index (χ4v) is 3.24. The lowest BCUT2D eigenvalue weighted by Gasteiger charge is -2.12. The molecule has 0 radical (unpaired) electrons. The molecule has 1 atom stereocenters. The summed E-state index contributed by atoms with van der Waals surface area (Å²) in [6, 6.07) is 13.9. The van der Waals surface area contributed by atoms with E-state index in [1.807, 2.05) is 6.92 Å². The van der Waals surface area contributed by atoms with E-state index < -0.39 is 11.2 Å². The van der Waals surface area contributed by atoms with E-state index in [-0.39, 0.29) is 11.8 Å². The lowest BCUT2D eigenvalue weighted by Crippen LogP contribution is -2.24. The second-order valence-electron chi connectivity index (χ2n) is 5.83. The second kappa shape index (κ2) is 9.78. The predicted molar refractivity (Wildman–Crippen MR) is 105 cm³/mol. The maximum Gasteiger partial charge on any atom is 0.316 e. The lowest BCUT2D eigenvalue weighted by atomic mass is 10.1. The second-order valence-corrected chi connectivity index (χ2v) is 7.22. The number of aliphatic carboxylic acids is 1. The summed E-state index contributed by atoms with van der Waals surface area (Å²) in [5.41, 5.74) is 1.87. The minimum absolute atomic E-state index is 0.133. The molecular weight excluding hydrogens is 364 g/mol. The van der Waals surface area contributed by atoms with Crippen LogP contribution in [0.15, 0.2) is 53.4 Å². The number of rotatable bonds is 8. The van der Waals surface area contributed by atoms with Crippen molar-refractivity contribution in [3.63, 3.8) is 0 Å². The summed E-state index contributed by atoms with van der Waals surface area (Å²) in [7, 11) is 0. The molecule has 0 aliphatic heterocycles. The topological polar surface area (TPSA) is 95.5 Å². The number of carbonyl (C=O) groups excluding carboxylic acids is 2. The Morgan fingerprint density at radius 1 is 1.00 bits per heavy atom. The van der Waals surface area contributed by atoms with Crippen LogP contribution in [0, 0.1) is 0 Å². The van der Waals surface area contributed by atoms with E-state index in [1.165, 1.54) is 0 Å². The number of hydrogen-bond donors (Lipinski definition) is 3. The Bertz CT molecular complexity index is 821. The highest BCUT2D eigenvalue weighted by atomic mass is 32.2. The molecule has 0 saturated heterocycles. The Morgan fingerprint density at radius 3 is 2.30 bits per heavy atom. The Balaban J connectivity index is 2.02. The van der Waals surface area contributed by atoms with Crippen molar-refractivity contribution in [2.45, 2.75) is 30.5 Å². The number of carbonyl (C=O) groups is 3. The molecule has 0 saturated carbocycles. The SMILES string of the molecule is CCNC(=O)c1ccc(CNC(=O)c2ccccc2SC(C)C(=O)O)cc1.